The van der Waals surface area contributed by atoms with Crippen molar-refractivity contribution in [2.45, 2.75) is 19.5 Å². The second kappa shape index (κ2) is 7.02. The molecule has 0 aliphatic carbocycles. The van der Waals surface area contributed by atoms with Crippen LogP contribution in [0.25, 0.3) is 16.4 Å². The zero-order valence-electron chi connectivity index (χ0n) is 14.4. The fourth-order valence-electron chi connectivity index (χ4n) is 3.30. The monoisotopic (exact) mass is 408 g/mol. The molecule has 1 atom stereocenters. The van der Waals surface area contributed by atoms with Gasteiger partial charge in [0, 0.05) is 22.3 Å². The van der Waals surface area contributed by atoms with E-state index < -0.39 is 0 Å². The lowest BCUT2D eigenvalue weighted by atomic mass is 10.00. The first-order valence-corrected chi connectivity index (χ1v) is 9.40. The second-order valence-corrected chi connectivity index (χ2v) is 7.37. The molecule has 0 unspecified atom stereocenters. The van der Waals surface area contributed by atoms with Gasteiger partial charge < -0.3 is 5.32 Å². The third kappa shape index (κ3) is 3.28. The highest BCUT2D eigenvalue weighted by atomic mass is 79.9. The summed E-state index contributed by atoms with van der Waals surface area (Å²) in [5, 5.41) is 4.74. The summed E-state index contributed by atoms with van der Waals surface area (Å²) >= 11 is 3.39. The molecular formula is C21H19BrN3O+. The normalized spacial score (nSPS) is 12.5. The van der Waals surface area contributed by atoms with Crippen LogP contribution in [0.1, 0.15) is 24.2 Å². The zero-order chi connectivity index (χ0) is 18.1. The summed E-state index contributed by atoms with van der Waals surface area (Å²) < 4.78 is 2.42. The Balaban J connectivity index is 1.59. The summed E-state index contributed by atoms with van der Waals surface area (Å²) in [5.41, 5.74) is 2.70. The lowest BCUT2D eigenvalue weighted by molar-refractivity contribution is -0.708. The van der Waals surface area contributed by atoms with Crippen molar-refractivity contribution in [3.8, 4) is 0 Å². The Hall–Kier alpha value is -2.50. The Morgan fingerprint density at radius 1 is 1.12 bits per heavy atom. The fraction of sp³-hybridized carbons (Fsp3) is 0.143. The lowest BCUT2D eigenvalue weighted by Crippen LogP contribution is -2.83. The summed E-state index contributed by atoms with van der Waals surface area (Å²) in [6.07, 6.45) is 1.75. The molecular weight excluding hydrogens is 390 g/mol. The number of rotatable bonds is 4. The molecule has 4 rings (SSSR count). The minimum Gasteiger partial charge on any atom is -0.335 e. The molecule has 0 radical (unpaired) electrons. The average molecular weight is 409 g/mol. The first kappa shape index (κ1) is 16.9. The smallest absolute Gasteiger partial charge is 0.258 e. The van der Waals surface area contributed by atoms with Crippen LogP contribution in [0, 0.1) is 0 Å². The van der Waals surface area contributed by atoms with E-state index in [0.717, 1.165) is 10.2 Å². The van der Waals surface area contributed by atoms with Crippen molar-refractivity contribution in [1.82, 2.24) is 9.38 Å². The van der Waals surface area contributed by atoms with Gasteiger partial charge in [0.05, 0.1) is 0 Å². The zero-order valence-corrected chi connectivity index (χ0v) is 16.0. The third-order valence-electron chi connectivity index (χ3n) is 4.67. The Kier molecular flexibility index (Phi) is 4.57. The molecule has 4 aromatic rings. The van der Waals surface area contributed by atoms with Crippen molar-refractivity contribution in [1.29, 1.82) is 0 Å². The highest BCUT2D eigenvalue weighted by molar-refractivity contribution is 9.10. The van der Waals surface area contributed by atoms with Crippen LogP contribution in [0.2, 0.25) is 0 Å². The van der Waals surface area contributed by atoms with Gasteiger partial charge in [-0.2, -0.15) is 0 Å². The van der Waals surface area contributed by atoms with Crippen LogP contribution >= 0.6 is 15.9 Å². The number of fused-ring (bicyclic) bond motifs is 2. The molecule has 130 valence electrons. The summed E-state index contributed by atoms with van der Waals surface area (Å²) in [6, 6.07) is 20.5. The summed E-state index contributed by atoms with van der Waals surface area (Å²) in [4.78, 5) is 16.9. The maximum absolute atomic E-state index is 12.3. The predicted molar refractivity (Wildman–Crippen MR) is 107 cm³/mol. The van der Waals surface area contributed by atoms with Crippen LogP contribution in [-0.2, 0) is 6.54 Å². The molecule has 0 aliphatic heterocycles. The molecule has 26 heavy (non-hydrogen) atoms. The van der Waals surface area contributed by atoms with Crippen LogP contribution in [0.4, 0.5) is 0 Å². The maximum atomic E-state index is 12.3. The van der Waals surface area contributed by atoms with E-state index in [4.69, 9.17) is 0 Å². The molecule has 2 N–H and O–H groups in total. The number of hydrogen-bond donors (Lipinski definition) is 1. The van der Waals surface area contributed by atoms with E-state index in [1.165, 1.54) is 16.3 Å². The molecule has 2 aromatic carbocycles. The molecule has 4 nitrogen and oxygen atoms in total. The second-order valence-electron chi connectivity index (χ2n) is 6.46. The van der Waals surface area contributed by atoms with Crippen molar-refractivity contribution in [3.63, 3.8) is 0 Å². The van der Waals surface area contributed by atoms with E-state index in [1.807, 2.05) is 12.1 Å². The number of pyridine rings is 1. The van der Waals surface area contributed by atoms with E-state index in [1.54, 1.807) is 16.7 Å². The van der Waals surface area contributed by atoms with E-state index in [2.05, 4.69) is 75.6 Å². The van der Waals surface area contributed by atoms with Crippen molar-refractivity contribution >= 4 is 32.3 Å². The van der Waals surface area contributed by atoms with E-state index in [9.17, 15) is 4.79 Å². The minimum atomic E-state index is -0.0579. The van der Waals surface area contributed by atoms with E-state index in [0.29, 0.717) is 12.2 Å². The number of quaternary nitrogens is 1. The maximum Gasteiger partial charge on any atom is 0.258 e. The topological polar surface area (TPSA) is 51.0 Å². The molecule has 0 saturated heterocycles. The molecule has 0 fully saturated rings. The van der Waals surface area contributed by atoms with Gasteiger partial charge in [-0.25, -0.2) is 4.98 Å². The first-order valence-electron chi connectivity index (χ1n) is 8.60. The first-order chi connectivity index (χ1) is 12.6. The van der Waals surface area contributed by atoms with Gasteiger partial charge in [-0.05, 0) is 45.8 Å². The largest absolute Gasteiger partial charge is 0.335 e. The highest BCUT2D eigenvalue weighted by Crippen LogP contribution is 2.22. The van der Waals surface area contributed by atoms with Gasteiger partial charge in [-0.1, -0.05) is 42.5 Å². The van der Waals surface area contributed by atoms with Crippen molar-refractivity contribution in [3.05, 3.63) is 92.9 Å². The molecule has 5 heteroatoms. The van der Waals surface area contributed by atoms with Crippen molar-refractivity contribution in [2.75, 3.05) is 0 Å². The van der Waals surface area contributed by atoms with Crippen LogP contribution in [0.15, 0.2) is 76.1 Å². The molecule has 0 amide bonds. The molecule has 0 aliphatic rings. The Morgan fingerprint density at radius 2 is 1.92 bits per heavy atom. The number of nitrogens with zero attached hydrogens (tertiary/aromatic N) is 2. The summed E-state index contributed by atoms with van der Waals surface area (Å²) in [6.45, 7) is 2.85. The lowest BCUT2D eigenvalue weighted by Gasteiger charge is -2.13. The Morgan fingerprint density at radius 3 is 2.81 bits per heavy atom. The number of nitrogens with two attached hydrogens (primary N) is 1. The van der Waals surface area contributed by atoms with Crippen molar-refractivity contribution in [2.24, 2.45) is 0 Å². The van der Waals surface area contributed by atoms with Gasteiger partial charge in [-0.3, -0.25) is 9.20 Å². The van der Waals surface area contributed by atoms with Crippen LogP contribution in [0.5, 0.6) is 0 Å². The molecule has 0 saturated carbocycles. The van der Waals surface area contributed by atoms with Crippen LogP contribution in [0.3, 0.4) is 0 Å². The van der Waals surface area contributed by atoms with E-state index in [-0.39, 0.29) is 11.6 Å². The number of halogens is 1. The molecule has 2 aromatic heterocycles. The molecule has 2 heterocycles. The summed E-state index contributed by atoms with van der Waals surface area (Å²) in [5.74, 6) is 0. The number of aromatic nitrogens is 2. The standard InChI is InChI=1S/C21H18BrN3O/c1-14(18-8-4-6-15-5-2-3-7-19(15)18)23-12-17-11-21(26)25-13-16(22)9-10-20(25)24-17/h2-11,13-14,23H,12H2,1H3/p+1/t14-/m0/s1. The van der Waals surface area contributed by atoms with E-state index >= 15 is 0 Å². The van der Waals surface area contributed by atoms with Gasteiger partial charge in [0.25, 0.3) is 5.56 Å². The average Bonchev–Trinajstić information content (AvgIpc) is 2.66. The quantitative estimate of drug-likeness (QED) is 0.562. The van der Waals surface area contributed by atoms with Gasteiger partial charge in [0.2, 0.25) is 0 Å². The van der Waals surface area contributed by atoms with Gasteiger partial charge in [0.1, 0.15) is 23.9 Å². The summed E-state index contributed by atoms with van der Waals surface area (Å²) in [7, 11) is 0. The molecule has 0 bridgehead atoms. The van der Waals surface area contributed by atoms with Crippen LogP contribution in [-0.4, -0.2) is 9.38 Å². The number of hydrogen-bond acceptors (Lipinski definition) is 2. The van der Waals surface area contributed by atoms with Crippen molar-refractivity contribution < 1.29 is 5.32 Å². The number of benzene rings is 2. The van der Waals surface area contributed by atoms with Gasteiger partial charge in [-0.15, -0.1) is 0 Å². The Labute approximate surface area is 159 Å². The van der Waals surface area contributed by atoms with Gasteiger partial charge >= 0.3 is 0 Å². The predicted octanol–water partition coefficient (Wildman–Crippen LogP) is 3.43. The third-order valence-corrected chi connectivity index (χ3v) is 5.14. The SMILES string of the molecule is C[C@H]([NH2+]Cc1cc(=O)n2cc(Br)ccc2n1)c1cccc2ccccc12. The fourth-order valence-corrected chi connectivity index (χ4v) is 3.64. The molecule has 0 spiro atoms. The Bertz CT molecular complexity index is 1150. The van der Waals surface area contributed by atoms with Gasteiger partial charge in [0.15, 0.2) is 0 Å². The highest BCUT2D eigenvalue weighted by Gasteiger charge is 2.13. The minimum absolute atomic E-state index is 0.0579. The van der Waals surface area contributed by atoms with Crippen LogP contribution < -0.4 is 10.9 Å².